The zero-order valence-electron chi connectivity index (χ0n) is 11.6. The molecule has 5 heteroatoms. The van der Waals surface area contributed by atoms with Crippen LogP contribution in [0.25, 0.3) is 0 Å². The van der Waals surface area contributed by atoms with Crippen LogP contribution in [-0.4, -0.2) is 43.5 Å². The second-order valence-corrected chi connectivity index (χ2v) is 5.13. The largest absolute Gasteiger partial charge is 0.397 e. The number of nitrogens with zero attached hydrogens (tertiary/aromatic N) is 2. The molecule has 104 valence electrons. The summed E-state index contributed by atoms with van der Waals surface area (Å²) in [6, 6.07) is 5.85. The zero-order valence-corrected chi connectivity index (χ0v) is 11.6. The number of benzene rings is 1. The summed E-state index contributed by atoms with van der Waals surface area (Å²) in [6.07, 6.45) is 1.12. The maximum absolute atomic E-state index is 11.1. The lowest BCUT2D eigenvalue weighted by atomic mass is 10.1. The quantitative estimate of drug-likeness (QED) is 0.794. The van der Waals surface area contributed by atoms with Crippen molar-refractivity contribution in [2.24, 2.45) is 5.73 Å². The van der Waals surface area contributed by atoms with Gasteiger partial charge < -0.3 is 16.4 Å². The van der Waals surface area contributed by atoms with Crippen LogP contribution in [0.4, 0.5) is 11.4 Å². The lowest BCUT2D eigenvalue weighted by molar-refractivity contribution is 0.100. The van der Waals surface area contributed by atoms with Crippen LogP contribution >= 0.6 is 0 Å². The second kappa shape index (κ2) is 5.48. The van der Waals surface area contributed by atoms with Crippen molar-refractivity contribution < 1.29 is 4.79 Å². The van der Waals surface area contributed by atoms with E-state index in [1.807, 2.05) is 6.07 Å². The van der Waals surface area contributed by atoms with E-state index >= 15 is 0 Å². The average molecular weight is 262 g/mol. The standard InChI is InChI=1S/C14H22N4O/c1-3-11-9-18(7-6-17(11)2)13-5-4-10(14(16)19)8-12(13)15/h4-5,8,11H,3,6-7,9,15H2,1-2H3,(H2,16,19). The molecule has 2 rings (SSSR count). The second-order valence-electron chi connectivity index (χ2n) is 5.13. The van der Waals surface area contributed by atoms with Crippen molar-refractivity contribution in [2.75, 3.05) is 37.3 Å². The fourth-order valence-electron chi connectivity index (χ4n) is 2.60. The number of primary amides is 1. The number of amides is 1. The van der Waals surface area contributed by atoms with E-state index in [0.717, 1.165) is 31.7 Å². The number of nitrogens with two attached hydrogens (primary N) is 2. The van der Waals surface area contributed by atoms with Crippen LogP contribution in [0.5, 0.6) is 0 Å². The summed E-state index contributed by atoms with van der Waals surface area (Å²) in [4.78, 5) is 15.8. The molecule has 0 aliphatic carbocycles. The fraction of sp³-hybridized carbons (Fsp3) is 0.500. The number of hydrogen-bond acceptors (Lipinski definition) is 4. The Labute approximate surface area is 114 Å². The smallest absolute Gasteiger partial charge is 0.248 e. The molecule has 0 spiro atoms. The van der Waals surface area contributed by atoms with E-state index in [1.54, 1.807) is 12.1 Å². The van der Waals surface area contributed by atoms with Crippen molar-refractivity contribution in [3.8, 4) is 0 Å². The van der Waals surface area contributed by atoms with Crippen molar-refractivity contribution in [3.05, 3.63) is 23.8 Å². The summed E-state index contributed by atoms with van der Waals surface area (Å²) < 4.78 is 0. The number of likely N-dealkylation sites (N-methyl/N-ethyl adjacent to an activating group) is 1. The topological polar surface area (TPSA) is 75.6 Å². The van der Waals surface area contributed by atoms with Crippen molar-refractivity contribution in [3.63, 3.8) is 0 Å². The van der Waals surface area contributed by atoms with Gasteiger partial charge in [-0.1, -0.05) is 6.92 Å². The van der Waals surface area contributed by atoms with E-state index in [9.17, 15) is 4.79 Å². The van der Waals surface area contributed by atoms with Crippen LogP contribution in [0.15, 0.2) is 18.2 Å². The molecule has 5 nitrogen and oxygen atoms in total. The molecule has 4 N–H and O–H groups in total. The molecule has 19 heavy (non-hydrogen) atoms. The molecule has 1 aliphatic heterocycles. The average Bonchev–Trinajstić information content (AvgIpc) is 2.39. The Hall–Kier alpha value is -1.75. The minimum Gasteiger partial charge on any atom is -0.397 e. The molecule has 1 amide bonds. The highest BCUT2D eigenvalue weighted by atomic mass is 16.1. The summed E-state index contributed by atoms with van der Waals surface area (Å²) in [7, 11) is 2.16. The number of anilines is 2. The molecule has 0 aromatic heterocycles. The predicted octanol–water partition coefficient (Wildman–Crippen LogP) is 0.898. The molecule has 1 heterocycles. The molecular weight excluding hydrogens is 240 g/mol. The van der Waals surface area contributed by atoms with Crippen LogP contribution < -0.4 is 16.4 Å². The number of carbonyl (C=O) groups is 1. The van der Waals surface area contributed by atoms with E-state index in [4.69, 9.17) is 11.5 Å². The van der Waals surface area contributed by atoms with Crippen LogP contribution in [0.2, 0.25) is 0 Å². The normalized spacial score (nSPS) is 20.5. The first-order chi connectivity index (χ1) is 9.02. The van der Waals surface area contributed by atoms with E-state index in [2.05, 4.69) is 23.8 Å². The Balaban J connectivity index is 2.20. The summed E-state index contributed by atoms with van der Waals surface area (Å²) in [5, 5.41) is 0. The van der Waals surface area contributed by atoms with Gasteiger partial charge in [0.1, 0.15) is 0 Å². The van der Waals surface area contributed by atoms with Crippen molar-refractivity contribution in [1.82, 2.24) is 4.90 Å². The lowest BCUT2D eigenvalue weighted by Crippen LogP contribution is -2.51. The first-order valence-corrected chi connectivity index (χ1v) is 6.67. The first-order valence-electron chi connectivity index (χ1n) is 6.67. The molecule has 1 atom stereocenters. The molecular formula is C14H22N4O. The highest BCUT2D eigenvalue weighted by Gasteiger charge is 2.24. The van der Waals surface area contributed by atoms with Gasteiger partial charge in [0.25, 0.3) is 0 Å². The minimum absolute atomic E-state index is 0.442. The van der Waals surface area contributed by atoms with E-state index in [0.29, 0.717) is 17.3 Å². The maximum atomic E-state index is 11.1. The number of carbonyl (C=O) groups excluding carboxylic acids is 1. The number of piperazine rings is 1. The lowest BCUT2D eigenvalue weighted by Gasteiger charge is -2.40. The van der Waals surface area contributed by atoms with Gasteiger partial charge in [0, 0.05) is 31.2 Å². The third-order valence-corrected chi connectivity index (χ3v) is 3.90. The first kappa shape index (κ1) is 13.7. The maximum Gasteiger partial charge on any atom is 0.248 e. The molecule has 1 aromatic carbocycles. The molecule has 0 bridgehead atoms. The van der Waals surface area contributed by atoms with E-state index < -0.39 is 5.91 Å². The Bertz CT molecular complexity index is 475. The summed E-state index contributed by atoms with van der Waals surface area (Å²) in [6.45, 7) is 5.14. The van der Waals surface area contributed by atoms with Crippen molar-refractivity contribution >= 4 is 17.3 Å². The van der Waals surface area contributed by atoms with Gasteiger partial charge in [-0.3, -0.25) is 9.69 Å². The van der Waals surface area contributed by atoms with Gasteiger partial charge in [-0.15, -0.1) is 0 Å². The van der Waals surface area contributed by atoms with Gasteiger partial charge in [-0.25, -0.2) is 0 Å². The third kappa shape index (κ3) is 2.81. The van der Waals surface area contributed by atoms with Gasteiger partial charge in [-0.2, -0.15) is 0 Å². The molecule has 1 aromatic rings. The van der Waals surface area contributed by atoms with E-state index in [-0.39, 0.29) is 0 Å². The highest BCUT2D eigenvalue weighted by molar-refractivity contribution is 5.94. The molecule has 1 saturated heterocycles. The molecule has 0 radical (unpaired) electrons. The van der Waals surface area contributed by atoms with Crippen molar-refractivity contribution in [2.45, 2.75) is 19.4 Å². The Morgan fingerprint density at radius 1 is 1.42 bits per heavy atom. The van der Waals surface area contributed by atoms with Gasteiger partial charge in [0.2, 0.25) is 5.91 Å². The third-order valence-electron chi connectivity index (χ3n) is 3.90. The fourth-order valence-corrected chi connectivity index (χ4v) is 2.60. The predicted molar refractivity (Wildman–Crippen MR) is 78.3 cm³/mol. The summed E-state index contributed by atoms with van der Waals surface area (Å²) in [5.41, 5.74) is 13.4. The molecule has 0 saturated carbocycles. The Morgan fingerprint density at radius 2 is 2.16 bits per heavy atom. The summed E-state index contributed by atoms with van der Waals surface area (Å²) in [5.74, 6) is -0.442. The van der Waals surface area contributed by atoms with Crippen LogP contribution in [-0.2, 0) is 0 Å². The van der Waals surface area contributed by atoms with Gasteiger partial charge >= 0.3 is 0 Å². The SMILES string of the molecule is CCC1CN(c2ccc(C(N)=O)cc2N)CCN1C. The molecule has 1 fully saturated rings. The Kier molecular flexibility index (Phi) is 3.95. The summed E-state index contributed by atoms with van der Waals surface area (Å²) >= 11 is 0. The monoisotopic (exact) mass is 262 g/mol. The number of hydrogen-bond donors (Lipinski definition) is 2. The number of rotatable bonds is 3. The highest BCUT2D eigenvalue weighted by Crippen LogP contribution is 2.27. The van der Waals surface area contributed by atoms with E-state index in [1.165, 1.54) is 0 Å². The molecule has 1 aliphatic rings. The van der Waals surface area contributed by atoms with Gasteiger partial charge in [0.15, 0.2) is 0 Å². The number of nitrogen functional groups attached to an aromatic ring is 1. The van der Waals surface area contributed by atoms with Crippen molar-refractivity contribution in [1.29, 1.82) is 0 Å². The van der Waals surface area contributed by atoms with Crippen LogP contribution in [0, 0.1) is 0 Å². The minimum atomic E-state index is -0.442. The Morgan fingerprint density at radius 3 is 2.74 bits per heavy atom. The molecule has 1 unspecified atom stereocenters. The zero-order chi connectivity index (χ0) is 14.0. The van der Waals surface area contributed by atoms with Gasteiger partial charge in [0.05, 0.1) is 11.4 Å². The van der Waals surface area contributed by atoms with Crippen LogP contribution in [0.3, 0.4) is 0 Å². The van der Waals surface area contributed by atoms with Gasteiger partial charge in [-0.05, 0) is 31.7 Å². The van der Waals surface area contributed by atoms with Crippen LogP contribution in [0.1, 0.15) is 23.7 Å².